The fraction of sp³-hybridized carbons (Fsp3) is 0.391. The number of benzene rings is 2. The summed E-state index contributed by atoms with van der Waals surface area (Å²) in [4.78, 5) is 19.1. The molecule has 1 aromatic heterocycles. The quantitative estimate of drug-likeness (QED) is 0.607. The number of hydrogen-bond donors (Lipinski definition) is 2. The second-order valence-electron chi connectivity index (χ2n) is 7.72. The number of aromatic nitrogens is 2. The summed E-state index contributed by atoms with van der Waals surface area (Å²) in [7, 11) is 0. The topological polar surface area (TPSA) is 62.2 Å². The number of rotatable bonds is 7. The molecular formula is C23H29N5O. The van der Waals surface area contributed by atoms with E-state index in [1.165, 1.54) is 5.56 Å². The van der Waals surface area contributed by atoms with E-state index in [2.05, 4.69) is 61.5 Å². The molecule has 152 valence electrons. The van der Waals surface area contributed by atoms with Gasteiger partial charge in [-0.25, -0.2) is 9.78 Å². The van der Waals surface area contributed by atoms with E-state index in [-0.39, 0.29) is 12.1 Å². The van der Waals surface area contributed by atoms with E-state index in [9.17, 15) is 4.79 Å². The van der Waals surface area contributed by atoms with Gasteiger partial charge in [-0.3, -0.25) is 4.90 Å². The van der Waals surface area contributed by atoms with Crippen molar-refractivity contribution in [2.45, 2.75) is 38.4 Å². The van der Waals surface area contributed by atoms with Crippen molar-refractivity contribution < 1.29 is 4.79 Å². The first-order valence-corrected chi connectivity index (χ1v) is 10.5. The first-order valence-electron chi connectivity index (χ1n) is 10.5. The van der Waals surface area contributed by atoms with Gasteiger partial charge in [0.1, 0.15) is 0 Å². The molecule has 6 heteroatoms. The molecule has 0 bridgehead atoms. The molecular weight excluding hydrogens is 362 g/mol. The summed E-state index contributed by atoms with van der Waals surface area (Å²) in [6, 6.07) is 18.9. The highest BCUT2D eigenvalue weighted by Gasteiger charge is 2.20. The van der Waals surface area contributed by atoms with Crippen LogP contribution in [-0.4, -0.2) is 46.2 Å². The van der Waals surface area contributed by atoms with E-state index >= 15 is 0 Å². The average Bonchev–Trinajstić information content (AvgIpc) is 3.17. The van der Waals surface area contributed by atoms with Crippen molar-refractivity contribution in [1.29, 1.82) is 0 Å². The van der Waals surface area contributed by atoms with E-state index in [0.717, 1.165) is 56.5 Å². The van der Waals surface area contributed by atoms with Crippen LogP contribution >= 0.6 is 0 Å². The molecule has 4 rings (SSSR count). The van der Waals surface area contributed by atoms with Crippen molar-refractivity contribution in [3.8, 4) is 0 Å². The molecule has 2 amide bonds. The monoisotopic (exact) mass is 391 g/mol. The molecule has 0 atom stereocenters. The SMILES string of the molecule is O=C(NCCCn1cnc2ccccc21)NC1CCN(Cc2ccccc2)CC1. The van der Waals surface area contributed by atoms with Crippen LogP contribution in [0.1, 0.15) is 24.8 Å². The maximum Gasteiger partial charge on any atom is 0.315 e. The Morgan fingerprint density at radius 2 is 1.79 bits per heavy atom. The van der Waals surface area contributed by atoms with Crippen molar-refractivity contribution in [2.24, 2.45) is 0 Å². The predicted molar refractivity (Wildman–Crippen MR) is 116 cm³/mol. The normalized spacial score (nSPS) is 15.4. The molecule has 0 radical (unpaired) electrons. The highest BCUT2D eigenvalue weighted by Crippen LogP contribution is 2.14. The zero-order valence-corrected chi connectivity index (χ0v) is 16.8. The summed E-state index contributed by atoms with van der Waals surface area (Å²) in [5.41, 5.74) is 3.50. The second-order valence-corrected chi connectivity index (χ2v) is 7.72. The molecule has 29 heavy (non-hydrogen) atoms. The van der Waals surface area contributed by atoms with Gasteiger partial charge in [0.25, 0.3) is 0 Å². The number of nitrogens with one attached hydrogen (secondary N) is 2. The Labute approximate surface area is 171 Å². The molecule has 6 nitrogen and oxygen atoms in total. The number of urea groups is 1. The van der Waals surface area contributed by atoms with Gasteiger partial charge in [0.05, 0.1) is 17.4 Å². The lowest BCUT2D eigenvalue weighted by Crippen LogP contribution is -2.47. The molecule has 1 aliphatic rings. The van der Waals surface area contributed by atoms with Crippen molar-refractivity contribution >= 4 is 17.1 Å². The minimum Gasteiger partial charge on any atom is -0.338 e. The van der Waals surface area contributed by atoms with Gasteiger partial charge < -0.3 is 15.2 Å². The number of carbonyl (C=O) groups is 1. The van der Waals surface area contributed by atoms with Gasteiger partial charge in [0, 0.05) is 38.8 Å². The number of carbonyl (C=O) groups excluding carboxylic acids is 1. The largest absolute Gasteiger partial charge is 0.338 e. The highest BCUT2D eigenvalue weighted by molar-refractivity contribution is 5.75. The van der Waals surface area contributed by atoms with E-state index in [4.69, 9.17) is 0 Å². The summed E-state index contributed by atoms with van der Waals surface area (Å²) in [6.07, 6.45) is 4.75. The Morgan fingerprint density at radius 3 is 2.62 bits per heavy atom. The van der Waals surface area contributed by atoms with Crippen LogP contribution in [0.2, 0.25) is 0 Å². The standard InChI is InChI=1S/C23H29N5O/c29-23(24-13-6-14-28-18-25-21-9-4-5-10-22(21)28)26-20-11-15-27(16-12-20)17-19-7-2-1-3-8-19/h1-5,7-10,18,20H,6,11-17H2,(H2,24,26,29). The molecule has 2 heterocycles. The van der Waals surface area contributed by atoms with E-state index < -0.39 is 0 Å². The van der Waals surface area contributed by atoms with Crippen molar-refractivity contribution in [3.63, 3.8) is 0 Å². The number of likely N-dealkylation sites (tertiary alicyclic amines) is 1. The van der Waals surface area contributed by atoms with Gasteiger partial charge in [-0.1, -0.05) is 42.5 Å². The summed E-state index contributed by atoms with van der Waals surface area (Å²) in [5.74, 6) is 0. The molecule has 2 N–H and O–H groups in total. The molecule has 0 aliphatic carbocycles. The Balaban J connectivity index is 1.13. The van der Waals surface area contributed by atoms with Crippen LogP contribution in [-0.2, 0) is 13.1 Å². The van der Waals surface area contributed by atoms with E-state index in [0.29, 0.717) is 6.54 Å². The third-order valence-electron chi connectivity index (χ3n) is 5.56. The van der Waals surface area contributed by atoms with Crippen molar-refractivity contribution in [1.82, 2.24) is 25.1 Å². The minimum absolute atomic E-state index is 0.0537. The Morgan fingerprint density at radius 1 is 1.03 bits per heavy atom. The van der Waals surface area contributed by atoms with Crippen LogP contribution in [0.4, 0.5) is 4.79 Å². The number of hydrogen-bond acceptors (Lipinski definition) is 3. The number of piperidine rings is 1. The molecule has 1 aliphatic heterocycles. The number of amides is 2. The summed E-state index contributed by atoms with van der Waals surface area (Å²) in [5, 5.41) is 6.12. The minimum atomic E-state index is -0.0537. The molecule has 1 saturated heterocycles. The fourth-order valence-corrected chi connectivity index (χ4v) is 3.95. The first-order chi connectivity index (χ1) is 14.3. The van der Waals surface area contributed by atoms with Crippen LogP contribution in [0.25, 0.3) is 11.0 Å². The van der Waals surface area contributed by atoms with Crippen LogP contribution in [0.3, 0.4) is 0 Å². The summed E-state index contributed by atoms with van der Waals surface area (Å²) < 4.78 is 2.14. The van der Waals surface area contributed by atoms with Gasteiger partial charge in [-0.15, -0.1) is 0 Å². The predicted octanol–water partition coefficient (Wildman–Crippen LogP) is 3.39. The van der Waals surface area contributed by atoms with E-state index in [1.54, 1.807) is 0 Å². The lowest BCUT2D eigenvalue weighted by Gasteiger charge is -2.32. The number of para-hydroxylation sites is 2. The summed E-state index contributed by atoms with van der Waals surface area (Å²) in [6.45, 7) is 4.54. The molecule has 2 aromatic carbocycles. The maximum atomic E-state index is 12.2. The molecule has 0 spiro atoms. The Bertz CT molecular complexity index is 915. The van der Waals surface area contributed by atoms with Crippen LogP contribution in [0, 0.1) is 0 Å². The first kappa shape index (κ1) is 19.5. The van der Waals surface area contributed by atoms with Gasteiger partial charge in [0.15, 0.2) is 0 Å². The Kier molecular flexibility index (Phi) is 6.42. The number of aryl methyl sites for hydroxylation is 1. The number of nitrogens with zero attached hydrogens (tertiary/aromatic N) is 3. The van der Waals surface area contributed by atoms with E-state index in [1.807, 2.05) is 24.5 Å². The molecule has 0 unspecified atom stereocenters. The lowest BCUT2D eigenvalue weighted by atomic mass is 10.0. The van der Waals surface area contributed by atoms with Crippen molar-refractivity contribution in [3.05, 3.63) is 66.5 Å². The average molecular weight is 392 g/mol. The zero-order chi connectivity index (χ0) is 19.9. The third-order valence-corrected chi connectivity index (χ3v) is 5.56. The van der Waals surface area contributed by atoms with Gasteiger partial charge >= 0.3 is 6.03 Å². The number of fused-ring (bicyclic) bond motifs is 1. The molecule has 0 saturated carbocycles. The summed E-state index contributed by atoms with van der Waals surface area (Å²) >= 11 is 0. The third kappa shape index (κ3) is 5.35. The van der Waals surface area contributed by atoms with Crippen LogP contribution in [0.5, 0.6) is 0 Å². The smallest absolute Gasteiger partial charge is 0.315 e. The highest BCUT2D eigenvalue weighted by atomic mass is 16.2. The second kappa shape index (κ2) is 9.56. The fourth-order valence-electron chi connectivity index (χ4n) is 3.95. The molecule has 3 aromatic rings. The van der Waals surface area contributed by atoms with Gasteiger partial charge in [-0.2, -0.15) is 0 Å². The number of imidazole rings is 1. The van der Waals surface area contributed by atoms with Gasteiger partial charge in [-0.05, 0) is 37.0 Å². The van der Waals surface area contributed by atoms with Crippen LogP contribution < -0.4 is 10.6 Å². The maximum absolute atomic E-state index is 12.2. The van der Waals surface area contributed by atoms with Gasteiger partial charge in [0.2, 0.25) is 0 Å². The van der Waals surface area contributed by atoms with Crippen molar-refractivity contribution in [2.75, 3.05) is 19.6 Å². The molecule has 1 fully saturated rings. The zero-order valence-electron chi connectivity index (χ0n) is 16.8. The Hall–Kier alpha value is -2.86. The lowest BCUT2D eigenvalue weighted by molar-refractivity contribution is 0.186. The van der Waals surface area contributed by atoms with Crippen LogP contribution in [0.15, 0.2) is 60.9 Å².